The summed E-state index contributed by atoms with van der Waals surface area (Å²) in [6, 6.07) is 2.70. The van der Waals surface area contributed by atoms with Crippen LogP contribution in [0.5, 0.6) is 0 Å². The van der Waals surface area contributed by atoms with Gasteiger partial charge in [0, 0.05) is 6.07 Å². The summed E-state index contributed by atoms with van der Waals surface area (Å²) in [6.45, 7) is 0. The number of benzene rings is 1. The van der Waals surface area contributed by atoms with Gasteiger partial charge in [0.15, 0.2) is 4.98 Å². The van der Waals surface area contributed by atoms with E-state index in [2.05, 4.69) is 4.98 Å². The lowest BCUT2D eigenvalue weighted by molar-refractivity contribution is -0.384. The number of hydrogen-bond donors (Lipinski definition) is 0. The molecule has 0 unspecified atom stereocenters. The second kappa shape index (κ2) is 2.92. The molecule has 0 saturated heterocycles. The van der Waals surface area contributed by atoms with Crippen LogP contribution in [0.2, 0.25) is 0 Å². The van der Waals surface area contributed by atoms with Gasteiger partial charge < -0.3 is 0 Å². The number of nitrogens with zero attached hydrogens (tertiary/aromatic N) is 3. The monoisotopic (exact) mass is 168 g/mol. The molecule has 0 aromatic heterocycles. The van der Waals surface area contributed by atoms with E-state index in [4.69, 9.17) is 5.39 Å². The molecular weight excluding hydrogens is 165 g/mol. The van der Waals surface area contributed by atoms with Gasteiger partial charge in [0.05, 0.1) is 4.92 Å². The van der Waals surface area contributed by atoms with Crippen LogP contribution in [0.25, 0.3) is 4.98 Å². The molecule has 12 heavy (non-hydrogen) atoms. The molecule has 0 spiro atoms. The Kier molecular flexibility index (Phi) is 1.96. The van der Waals surface area contributed by atoms with E-state index in [9.17, 15) is 14.5 Å². The van der Waals surface area contributed by atoms with E-state index < -0.39 is 16.4 Å². The van der Waals surface area contributed by atoms with Crippen molar-refractivity contribution in [2.24, 2.45) is 0 Å². The van der Waals surface area contributed by atoms with Crippen molar-refractivity contribution < 1.29 is 9.31 Å². The summed E-state index contributed by atoms with van der Waals surface area (Å²) in [6.07, 6.45) is 0. The molecule has 0 aliphatic heterocycles. The van der Waals surface area contributed by atoms with Crippen LogP contribution in [0.1, 0.15) is 0 Å². The number of non-ortho nitro benzene ring substituents is 1. The second-order valence-electron chi connectivity index (χ2n) is 1.99. The maximum Gasteiger partial charge on any atom is 0.427 e. The molecule has 1 rings (SSSR count). The van der Waals surface area contributed by atoms with Crippen molar-refractivity contribution >= 4 is 11.4 Å². The van der Waals surface area contributed by atoms with E-state index in [1.807, 2.05) is 0 Å². The number of halogens is 1. The minimum Gasteiger partial charge on any atom is -0.258 e. The van der Waals surface area contributed by atoms with Crippen molar-refractivity contribution in [3.8, 4) is 0 Å². The molecule has 0 saturated carbocycles. The van der Waals surface area contributed by atoms with E-state index in [0.717, 1.165) is 18.2 Å². The van der Waals surface area contributed by atoms with Gasteiger partial charge in [-0.25, -0.2) is 0 Å². The molecule has 60 valence electrons. The minimum atomic E-state index is -0.803. The zero-order valence-electron chi connectivity index (χ0n) is 5.77. The van der Waals surface area contributed by atoms with Crippen molar-refractivity contribution in [1.82, 2.24) is 0 Å². The molecule has 0 radical (unpaired) electrons. The predicted molar refractivity (Wildman–Crippen MR) is 37.8 cm³/mol. The van der Waals surface area contributed by atoms with Crippen molar-refractivity contribution in [2.45, 2.75) is 0 Å². The molecule has 0 fully saturated rings. The molecule has 0 heterocycles. The lowest BCUT2D eigenvalue weighted by atomic mass is 10.3. The summed E-state index contributed by atoms with van der Waals surface area (Å²) in [5.41, 5.74) is -0.756. The molecule has 0 aliphatic rings. The first-order valence-electron chi connectivity index (χ1n) is 2.94. The van der Waals surface area contributed by atoms with Crippen molar-refractivity contribution in [3.63, 3.8) is 0 Å². The first kappa shape index (κ1) is 8.07. The van der Waals surface area contributed by atoms with E-state index >= 15 is 0 Å². The quantitative estimate of drug-likeness (QED) is 0.366. The van der Waals surface area contributed by atoms with Gasteiger partial charge in [0.25, 0.3) is 5.69 Å². The lowest BCUT2D eigenvalue weighted by Gasteiger charge is -1.86. The van der Waals surface area contributed by atoms with E-state index in [1.165, 1.54) is 0 Å². The van der Waals surface area contributed by atoms with Crippen LogP contribution in [0.3, 0.4) is 0 Å². The number of nitro benzene ring substituents is 1. The highest BCUT2D eigenvalue weighted by Gasteiger charge is 2.18. The SMILES string of the molecule is N#[N+]c1cc([N+](=O)[O-])ccc1F. The molecule has 1 aromatic rings. The Morgan fingerprint density at radius 3 is 2.75 bits per heavy atom. The number of rotatable bonds is 1. The largest absolute Gasteiger partial charge is 0.427 e. The van der Waals surface area contributed by atoms with Crippen molar-refractivity contribution in [1.29, 1.82) is 5.39 Å². The molecule has 0 bridgehead atoms. The number of nitro groups is 1. The van der Waals surface area contributed by atoms with Crippen LogP contribution < -0.4 is 0 Å². The van der Waals surface area contributed by atoms with Crippen molar-refractivity contribution in [2.75, 3.05) is 0 Å². The first-order chi connectivity index (χ1) is 5.65. The van der Waals surface area contributed by atoms with Gasteiger partial charge in [0.1, 0.15) is 6.07 Å². The molecule has 6 heteroatoms. The maximum atomic E-state index is 12.6. The number of diazo groups is 1. The fourth-order valence-corrected chi connectivity index (χ4v) is 0.691. The van der Waals surface area contributed by atoms with Crippen molar-refractivity contribution in [3.05, 3.63) is 39.1 Å². The fraction of sp³-hybridized carbons (Fsp3) is 0. The molecule has 0 N–H and O–H groups in total. The predicted octanol–water partition coefficient (Wildman–Crippen LogP) is 2.22. The van der Waals surface area contributed by atoms with Crippen LogP contribution >= 0.6 is 0 Å². The Bertz CT molecular complexity index is 372. The van der Waals surface area contributed by atoms with Crippen LogP contribution in [-0.2, 0) is 0 Å². The third-order valence-electron chi connectivity index (χ3n) is 1.25. The molecule has 0 atom stereocenters. The second-order valence-corrected chi connectivity index (χ2v) is 1.99. The number of hydrogen-bond acceptors (Lipinski definition) is 3. The summed E-state index contributed by atoms with van der Waals surface area (Å²) < 4.78 is 12.6. The molecular formula is C6H3FN3O2+. The van der Waals surface area contributed by atoms with Gasteiger partial charge in [0.2, 0.25) is 11.2 Å². The third kappa shape index (κ3) is 1.34. The Morgan fingerprint density at radius 1 is 1.58 bits per heavy atom. The highest BCUT2D eigenvalue weighted by molar-refractivity contribution is 5.52. The lowest BCUT2D eigenvalue weighted by Crippen LogP contribution is -1.87. The average molecular weight is 168 g/mol. The van der Waals surface area contributed by atoms with E-state index in [1.54, 1.807) is 0 Å². The summed E-state index contributed by atoms with van der Waals surface area (Å²) >= 11 is 0. The fourth-order valence-electron chi connectivity index (χ4n) is 0.691. The summed E-state index contributed by atoms with van der Waals surface area (Å²) in [4.78, 5) is 12.0. The molecule has 0 amide bonds. The zero-order valence-corrected chi connectivity index (χ0v) is 5.77. The first-order valence-corrected chi connectivity index (χ1v) is 2.94. The molecule has 1 aromatic carbocycles. The van der Waals surface area contributed by atoms with Gasteiger partial charge in [-0.05, 0) is 6.07 Å². The standard InChI is InChI=1S/C6H3FN3O2/c7-5-2-1-4(10(11)12)3-6(5)9-8/h1-3H/q+1. The summed E-state index contributed by atoms with van der Waals surface area (Å²) in [5.74, 6) is -0.803. The topological polar surface area (TPSA) is 71.3 Å². The van der Waals surface area contributed by atoms with Crippen LogP contribution in [0.15, 0.2) is 18.2 Å². The Labute approximate surface area is 66.2 Å². The minimum absolute atomic E-state index is 0.316. The van der Waals surface area contributed by atoms with E-state index in [0.29, 0.717) is 0 Å². The van der Waals surface area contributed by atoms with Gasteiger partial charge in [-0.2, -0.15) is 4.39 Å². The summed E-state index contributed by atoms with van der Waals surface area (Å²) in [7, 11) is 0. The molecule has 5 nitrogen and oxygen atoms in total. The van der Waals surface area contributed by atoms with Crippen LogP contribution in [0.4, 0.5) is 15.8 Å². The maximum absolute atomic E-state index is 12.6. The van der Waals surface area contributed by atoms with Gasteiger partial charge in [-0.15, -0.1) is 0 Å². The normalized spacial score (nSPS) is 9.00. The van der Waals surface area contributed by atoms with Gasteiger partial charge in [-0.3, -0.25) is 10.1 Å². The smallest absolute Gasteiger partial charge is 0.258 e. The van der Waals surface area contributed by atoms with Crippen LogP contribution in [-0.4, -0.2) is 4.92 Å². The third-order valence-corrected chi connectivity index (χ3v) is 1.25. The highest BCUT2D eigenvalue weighted by Crippen LogP contribution is 2.23. The zero-order chi connectivity index (χ0) is 9.14. The Hall–Kier alpha value is -2.03. The average Bonchev–Trinajstić information content (AvgIpc) is 2.05. The Morgan fingerprint density at radius 2 is 2.25 bits per heavy atom. The Balaban J connectivity index is 3.25. The summed E-state index contributed by atoms with van der Waals surface area (Å²) in [5, 5.41) is 18.3. The van der Waals surface area contributed by atoms with E-state index in [-0.39, 0.29) is 5.69 Å². The van der Waals surface area contributed by atoms with Gasteiger partial charge >= 0.3 is 5.69 Å². The van der Waals surface area contributed by atoms with Crippen LogP contribution in [0, 0.1) is 21.3 Å². The highest BCUT2D eigenvalue weighted by atomic mass is 19.1. The van der Waals surface area contributed by atoms with Gasteiger partial charge in [-0.1, -0.05) is 0 Å². The molecule has 0 aliphatic carbocycles.